The van der Waals surface area contributed by atoms with Crippen molar-refractivity contribution in [2.75, 3.05) is 6.61 Å². The summed E-state index contributed by atoms with van der Waals surface area (Å²) in [5.74, 6) is 0. The molecule has 0 aliphatic heterocycles. The topological polar surface area (TPSA) is 38.7 Å². The largest absolute Gasteiger partial charge is 0.369 e. The Balaban J connectivity index is 2.65. The monoisotopic (exact) mass is 191 g/mol. The van der Waals surface area contributed by atoms with Gasteiger partial charge in [0.05, 0.1) is 18.4 Å². The zero-order valence-corrected chi connectivity index (χ0v) is 8.19. The van der Waals surface area contributed by atoms with Gasteiger partial charge in [-0.05, 0) is 18.6 Å². The van der Waals surface area contributed by atoms with Crippen molar-refractivity contribution < 1.29 is 9.53 Å². The van der Waals surface area contributed by atoms with Gasteiger partial charge in [-0.15, -0.1) is 6.58 Å². The van der Waals surface area contributed by atoms with Crippen molar-refractivity contribution in [1.29, 1.82) is 0 Å². The standard InChI is InChI=1S/C11H13NO2/c1-3-6-14-11-7-10(12-8-13)5-4-9(11)2/h3-5,11H,1,6-7H2,2H3. The third-order valence-corrected chi connectivity index (χ3v) is 2.05. The van der Waals surface area contributed by atoms with Gasteiger partial charge in [0.1, 0.15) is 0 Å². The van der Waals surface area contributed by atoms with Gasteiger partial charge in [0.2, 0.25) is 6.08 Å². The summed E-state index contributed by atoms with van der Waals surface area (Å²) in [6, 6.07) is 0. The number of hydrogen-bond donors (Lipinski definition) is 0. The first-order chi connectivity index (χ1) is 6.77. The van der Waals surface area contributed by atoms with Gasteiger partial charge in [-0.3, -0.25) is 0 Å². The summed E-state index contributed by atoms with van der Waals surface area (Å²) in [6.07, 6.45) is 7.59. The molecule has 0 aromatic rings. The Morgan fingerprint density at radius 1 is 1.79 bits per heavy atom. The van der Waals surface area contributed by atoms with Crippen LogP contribution in [0, 0.1) is 0 Å². The summed E-state index contributed by atoms with van der Waals surface area (Å²) in [7, 11) is 0. The van der Waals surface area contributed by atoms with Crippen LogP contribution in [0.2, 0.25) is 0 Å². The average molecular weight is 191 g/mol. The minimum Gasteiger partial charge on any atom is -0.369 e. The van der Waals surface area contributed by atoms with Gasteiger partial charge >= 0.3 is 0 Å². The molecule has 0 heterocycles. The number of allylic oxidation sites excluding steroid dienone is 2. The molecule has 1 aliphatic rings. The molecule has 0 spiro atoms. The maximum atomic E-state index is 10.1. The van der Waals surface area contributed by atoms with E-state index in [0.717, 1.165) is 5.57 Å². The number of hydrogen-bond acceptors (Lipinski definition) is 3. The van der Waals surface area contributed by atoms with E-state index in [2.05, 4.69) is 11.6 Å². The molecule has 0 saturated heterocycles. The Morgan fingerprint density at radius 3 is 3.21 bits per heavy atom. The fourth-order valence-corrected chi connectivity index (χ4v) is 1.27. The van der Waals surface area contributed by atoms with Crippen molar-refractivity contribution in [3.05, 3.63) is 36.1 Å². The summed E-state index contributed by atoms with van der Waals surface area (Å²) in [5, 5.41) is 0. The Labute approximate surface area is 83.5 Å². The molecular formula is C11H13NO2. The van der Waals surface area contributed by atoms with Crippen molar-refractivity contribution in [1.82, 2.24) is 0 Å². The summed E-state index contributed by atoms with van der Waals surface area (Å²) in [4.78, 5) is 13.6. The lowest BCUT2D eigenvalue weighted by atomic mass is 10.0. The van der Waals surface area contributed by atoms with E-state index in [1.807, 2.05) is 19.1 Å². The van der Waals surface area contributed by atoms with E-state index in [1.54, 1.807) is 6.08 Å². The van der Waals surface area contributed by atoms with Crippen molar-refractivity contribution >= 4 is 6.08 Å². The van der Waals surface area contributed by atoms with Gasteiger partial charge in [-0.2, -0.15) is 4.99 Å². The molecule has 0 N–H and O–H groups in total. The van der Waals surface area contributed by atoms with Crippen LogP contribution in [0.4, 0.5) is 0 Å². The van der Waals surface area contributed by atoms with Crippen LogP contribution in [-0.4, -0.2) is 18.8 Å². The maximum Gasteiger partial charge on any atom is 0.240 e. The lowest BCUT2D eigenvalue weighted by molar-refractivity contribution is 0.0997. The highest BCUT2D eigenvalue weighted by molar-refractivity contribution is 5.39. The molecule has 3 heteroatoms. The van der Waals surface area contributed by atoms with Gasteiger partial charge in [-0.1, -0.05) is 12.2 Å². The van der Waals surface area contributed by atoms with Crippen LogP contribution in [0.1, 0.15) is 13.3 Å². The second kappa shape index (κ2) is 5.32. The predicted octanol–water partition coefficient (Wildman–Crippen LogP) is 2.13. The van der Waals surface area contributed by atoms with Gasteiger partial charge in [0, 0.05) is 6.42 Å². The minimum absolute atomic E-state index is 0.00472. The molecule has 0 amide bonds. The van der Waals surface area contributed by atoms with Crippen molar-refractivity contribution in [2.45, 2.75) is 19.4 Å². The molecule has 0 fully saturated rings. The van der Waals surface area contributed by atoms with Crippen molar-refractivity contribution in [3.8, 4) is 0 Å². The van der Waals surface area contributed by atoms with E-state index in [4.69, 9.17) is 4.74 Å². The third kappa shape index (κ3) is 2.80. The molecule has 0 saturated carbocycles. The SMILES string of the molecule is C=CCOC1CC(N=C=O)=CC=C1C. The minimum atomic E-state index is 0.00472. The van der Waals surface area contributed by atoms with Gasteiger partial charge in [-0.25, -0.2) is 4.79 Å². The number of rotatable bonds is 4. The highest BCUT2D eigenvalue weighted by atomic mass is 16.5. The quantitative estimate of drug-likeness (QED) is 0.388. The zero-order valence-electron chi connectivity index (χ0n) is 8.19. The fraction of sp³-hybridized carbons (Fsp3) is 0.364. The molecule has 3 nitrogen and oxygen atoms in total. The second-order valence-electron chi connectivity index (χ2n) is 3.09. The molecular weight excluding hydrogens is 178 g/mol. The first kappa shape index (κ1) is 10.6. The van der Waals surface area contributed by atoms with Crippen molar-refractivity contribution in [3.63, 3.8) is 0 Å². The molecule has 0 aromatic carbocycles. The van der Waals surface area contributed by atoms with Crippen LogP contribution < -0.4 is 0 Å². The molecule has 0 aromatic heterocycles. The molecule has 14 heavy (non-hydrogen) atoms. The summed E-state index contributed by atoms with van der Waals surface area (Å²) < 4.78 is 5.50. The van der Waals surface area contributed by atoms with E-state index >= 15 is 0 Å². The van der Waals surface area contributed by atoms with Gasteiger partial charge < -0.3 is 4.74 Å². The molecule has 0 bridgehead atoms. The van der Waals surface area contributed by atoms with Crippen LogP contribution >= 0.6 is 0 Å². The second-order valence-corrected chi connectivity index (χ2v) is 3.09. The summed E-state index contributed by atoms with van der Waals surface area (Å²) >= 11 is 0. The van der Waals surface area contributed by atoms with E-state index in [0.29, 0.717) is 18.7 Å². The average Bonchev–Trinajstić information content (AvgIpc) is 2.19. The van der Waals surface area contributed by atoms with Gasteiger partial charge in [0.15, 0.2) is 0 Å². The summed E-state index contributed by atoms with van der Waals surface area (Å²) in [6.45, 7) is 6.08. The van der Waals surface area contributed by atoms with Crippen LogP contribution in [0.3, 0.4) is 0 Å². The molecule has 1 unspecified atom stereocenters. The molecule has 0 radical (unpaired) electrons. The number of ether oxygens (including phenoxy) is 1. The third-order valence-electron chi connectivity index (χ3n) is 2.05. The molecule has 1 rings (SSSR count). The van der Waals surface area contributed by atoms with E-state index in [9.17, 15) is 4.79 Å². The predicted molar refractivity (Wildman–Crippen MR) is 54.5 cm³/mol. The van der Waals surface area contributed by atoms with Crippen molar-refractivity contribution in [2.24, 2.45) is 4.99 Å². The Morgan fingerprint density at radius 2 is 2.57 bits per heavy atom. The maximum absolute atomic E-state index is 10.1. The Kier molecular flexibility index (Phi) is 4.05. The first-order valence-corrected chi connectivity index (χ1v) is 4.45. The van der Waals surface area contributed by atoms with Crippen LogP contribution in [0.15, 0.2) is 41.1 Å². The van der Waals surface area contributed by atoms with Crippen LogP contribution in [0.25, 0.3) is 0 Å². The number of carbonyl (C=O) groups excluding carboxylic acids is 1. The fourth-order valence-electron chi connectivity index (χ4n) is 1.27. The zero-order chi connectivity index (χ0) is 10.4. The normalized spacial score (nSPS) is 20.5. The number of isocyanates is 1. The van der Waals surface area contributed by atoms with E-state index < -0.39 is 0 Å². The highest BCUT2D eigenvalue weighted by Crippen LogP contribution is 2.21. The Hall–Kier alpha value is -1.44. The van der Waals surface area contributed by atoms with Gasteiger partial charge in [0.25, 0.3) is 0 Å². The molecule has 1 atom stereocenters. The lowest BCUT2D eigenvalue weighted by Crippen LogP contribution is -2.17. The first-order valence-electron chi connectivity index (χ1n) is 4.45. The number of nitrogens with zero attached hydrogens (tertiary/aromatic N) is 1. The number of aliphatic imine (C=N–C) groups is 1. The highest BCUT2D eigenvalue weighted by Gasteiger charge is 2.16. The van der Waals surface area contributed by atoms with Crippen LogP contribution in [0.5, 0.6) is 0 Å². The molecule has 1 aliphatic carbocycles. The van der Waals surface area contributed by atoms with E-state index in [-0.39, 0.29) is 6.10 Å². The Bertz CT molecular complexity index is 322. The van der Waals surface area contributed by atoms with E-state index in [1.165, 1.54) is 6.08 Å². The molecule has 74 valence electrons. The lowest BCUT2D eigenvalue weighted by Gasteiger charge is -2.20. The summed E-state index contributed by atoms with van der Waals surface area (Å²) in [5.41, 5.74) is 1.84. The van der Waals surface area contributed by atoms with Crippen LogP contribution in [-0.2, 0) is 9.53 Å². The smallest absolute Gasteiger partial charge is 0.240 e.